The minimum atomic E-state index is -0.170. The number of amides is 1. The number of furan rings is 1. The van der Waals surface area contributed by atoms with E-state index in [1.165, 1.54) is 0 Å². The van der Waals surface area contributed by atoms with Gasteiger partial charge in [-0.1, -0.05) is 0 Å². The maximum absolute atomic E-state index is 11.8. The average molecular weight is 267 g/mol. The SMILES string of the molecule is O=C1NC(CCc2ccco2)=N/C1=C/c1ccncc1. The predicted octanol–water partition coefficient (Wildman–Crippen LogP) is 2.18. The number of nitrogens with one attached hydrogen (secondary N) is 1. The Labute approximate surface area is 116 Å². The molecule has 0 aliphatic carbocycles. The van der Waals surface area contributed by atoms with Crippen molar-refractivity contribution in [1.29, 1.82) is 0 Å². The van der Waals surface area contributed by atoms with Crippen LogP contribution in [-0.2, 0) is 11.2 Å². The van der Waals surface area contributed by atoms with Crippen LogP contribution in [0.2, 0.25) is 0 Å². The molecule has 0 radical (unpaired) electrons. The molecule has 0 fully saturated rings. The van der Waals surface area contributed by atoms with Gasteiger partial charge in [-0.2, -0.15) is 0 Å². The van der Waals surface area contributed by atoms with E-state index in [1.54, 1.807) is 24.7 Å². The Morgan fingerprint density at radius 3 is 2.80 bits per heavy atom. The second kappa shape index (κ2) is 5.52. The number of aliphatic imine (C=N–C) groups is 1. The molecule has 0 atom stereocenters. The molecule has 1 aliphatic heterocycles. The van der Waals surface area contributed by atoms with Crippen molar-refractivity contribution in [3.8, 4) is 0 Å². The summed E-state index contributed by atoms with van der Waals surface area (Å²) in [5, 5.41) is 2.77. The Morgan fingerprint density at radius 2 is 2.05 bits per heavy atom. The van der Waals surface area contributed by atoms with E-state index < -0.39 is 0 Å². The van der Waals surface area contributed by atoms with Crippen LogP contribution >= 0.6 is 0 Å². The molecule has 5 nitrogen and oxygen atoms in total. The quantitative estimate of drug-likeness (QED) is 0.863. The lowest BCUT2D eigenvalue weighted by molar-refractivity contribution is -0.115. The van der Waals surface area contributed by atoms with Crippen molar-refractivity contribution in [2.45, 2.75) is 12.8 Å². The molecule has 0 aromatic carbocycles. The number of nitrogens with zero attached hydrogens (tertiary/aromatic N) is 2. The molecule has 0 bridgehead atoms. The molecule has 0 spiro atoms. The fourth-order valence-electron chi connectivity index (χ4n) is 1.95. The van der Waals surface area contributed by atoms with Crippen molar-refractivity contribution in [3.05, 3.63) is 59.9 Å². The third kappa shape index (κ3) is 2.83. The molecular formula is C15H13N3O2. The van der Waals surface area contributed by atoms with Gasteiger partial charge in [0.1, 0.15) is 17.3 Å². The van der Waals surface area contributed by atoms with Gasteiger partial charge in [-0.15, -0.1) is 0 Å². The van der Waals surface area contributed by atoms with E-state index in [0.29, 0.717) is 24.4 Å². The van der Waals surface area contributed by atoms with E-state index in [2.05, 4.69) is 15.3 Å². The van der Waals surface area contributed by atoms with Gasteiger partial charge in [-0.3, -0.25) is 9.78 Å². The number of carbonyl (C=O) groups excluding carboxylic acids is 1. The summed E-state index contributed by atoms with van der Waals surface area (Å²) in [6.07, 6.45) is 8.11. The number of pyridine rings is 1. The highest BCUT2D eigenvalue weighted by molar-refractivity contribution is 6.14. The third-order valence-electron chi connectivity index (χ3n) is 2.94. The van der Waals surface area contributed by atoms with Gasteiger partial charge in [0, 0.05) is 25.2 Å². The van der Waals surface area contributed by atoms with Crippen LogP contribution in [0, 0.1) is 0 Å². The highest BCUT2D eigenvalue weighted by atomic mass is 16.3. The van der Waals surface area contributed by atoms with Crippen molar-refractivity contribution in [2.24, 2.45) is 4.99 Å². The summed E-state index contributed by atoms with van der Waals surface area (Å²) >= 11 is 0. The van der Waals surface area contributed by atoms with Crippen LogP contribution in [-0.4, -0.2) is 16.7 Å². The topological polar surface area (TPSA) is 67.5 Å². The first-order valence-corrected chi connectivity index (χ1v) is 6.34. The lowest BCUT2D eigenvalue weighted by atomic mass is 10.2. The Hall–Kier alpha value is -2.69. The predicted molar refractivity (Wildman–Crippen MR) is 74.8 cm³/mol. The lowest BCUT2D eigenvalue weighted by Gasteiger charge is -1.97. The molecule has 100 valence electrons. The van der Waals surface area contributed by atoms with E-state index in [-0.39, 0.29) is 5.91 Å². The third-order valence-corrected chi connectivity index (χ3v) is 2.94. The van der Waals surface area contributed by atoms with Crippen molar-refractivity contribution in [2.75, 3.05) is 0 Å². The van der Waals surface area contributed by atoms with Gasteiger partial charge in [0.05, 0.1) is 6.26 Å². The number of hydrogen-bond donors (Lipinski definition) is 1. The maximum Gasteiger partial charge on any atom is 0.275 e. The Kier molecular flexibility index (Phi) is 3.41. The van der Waals surface area contributed by atoms with Gasteiger partial charge in [-0.05, 0) is 35.9 Å². The van der Waals surface area contributed by atoms with Crippen molar-refractivity contribution >= 4 is 17.8 Å². The summed E-state index contributed by atoms with van der Waals surface area (Å²) in [4.78, 5) is 20.1. The van der Waals surface area contributed by atoms with Crippen LogP contribution in [0.3, 0.4) is 0 Å². The standard InChI is InChI=1S/C15H13N3O2/c19-15-13(10-11-5-7-16-8-6-11)17-14(18-15)4-3-12-2-1-9-20-12/h1-2,5-10H,3-4H2,(H,17,18,19)/b13-10+. The molecule has 1 amide bonds. The second-order valence-corrected chi connectivity index (χ2v) is 4.40. The molecular weight excluding hydrogens is 254 g/mol. The first-order valence-electron chi connectivity index (χ1n) is 6.34. The van der Waals surface area contributed by atoms with Gasteiger partial charge in [0.15, 0.2) is 0 Å². The normalized spacial score (nSPS) is 16.3. The number of hydrogen-bond acceptors (Lipinski definition) is 4. The van der Waals surface area contributed by atoms with Crippen LogP contribution < -0.4 is 5.32 Å². The van der Waals surface area contributed by atoms with Gasteiger partial charge >= 0.3 is 0 Å². The lowest BCUT2D eigenvalue weighted by Crippen LogP contribution is -2.24. The Balaban J connectivity index is 1.70. The van der Waals surface area contributed by atoms with Crippen molar-refractivity contribution in [1.82, 2.24) is 10.3 Å². The Morgan fingerprint density at radius 1 is 1.20 bits per heavy atom. The number of aryl methyl sites for hydroxylation is 1. The van der Waals surface area contributed by atoms with Crippen molar-refractivity contribution < 1.29 is 9.21 Å². The summed E-state index contributed by atoms with van der Waals surface area (Å²) in [6, 6.07) is 7.41. The van der Waals surface area contributed by atoms with E-state index in [1.807, 2.05) is 24.3 Å². The van der Waals surface area contributed by atoms with Gasteiger partial charge in [0.2, 0.25) is 0 Å². The van der Waals surface area contributed by atoms with E-state index >= 15 is 0 Å². The summed E-state index contributed by atoms with van der Waals surface area (Å²) < 4.78 is 5.25. The molecule has 3 heterocycles. The van der Waals surface area contributed by atoms with E-state index in [9.17, 15) is 4.79 Å². The van der Waals surface area contributed by atoms with Crippen molar-refractivity contribution in [3.63, 3.8) is 0 Å². The zero-order chi connectivity index (χ0) is 13.8. The Bertz CT molecular complexity index is 658. The summed E-state index contributed by atoms with van der Waals surface area (Å²) in [7, 11) is 0. The minimum Gasteiger partial charge on any atom is -0.469 e. The largest absolute Gasteiger partial charge is 0.469 e. The number of amidine groups is 1. The molecule has 0 saturated heterocycles. The van der Waals surface area contributed by atoms with Crippen LogP contribution in [0.25, 0.3) is 6.08 Å². The zero-order valence-electron chi connectivity index (χ0n) is 10.7. The van der Waals surface area contributed by atoms with Gasteiger partial charge in [-0.25, -0.2) is 4.99 Å². The first-order chi connectivity index (χ1) is 9.81. The van der Waals surface area contributed by atoms with Crippen LogP contribution in [0.4, 0.5) is 0 Å². The minimum absolute atomic E-state index is 0.170. The molecule has 3 rings (SSSR count). The number of aromatic nitrogens is 1. The summed E-state index contributed by atoms with van der Waals surface area (Å²) in [5.74, 6) is 1.39. The fourth-order valence-corrected chi connectivity index (χ4v) is 1.95. The molecule has 0 saturated carbocycles. The van der Waals surface area contributed by atoms with Crippen LogP contribution in [0.1, 0.15) is 17.7 Å². The van der Waals surface area contributed by atoms with Gasteiger partial charge in [0.25, 0.3) is 5.91 Å². The average Bonchev–Trinajstić information content (AvgIpc) is 3.08. The summed E-state index contributed by atoms with van der Waals surface area (Å²) in [5.41, 5.74) is 1.33. The number of rotatable bonds is 4. The molecule has 1 N–H and O–H groups in total. The van der Waals surface area contributed by atoms with Gasteiger partial charge < -0.3 is 9.73 Å². The van der Waals surface area contributed by atoms with E-state index in [0.717, 1.165) is 11.3 Å². The molecule has 0 unspecified atom stereocenters. The summed E-state index contributed by atoms with van der Waals surface area (Å²) in [6.45, 7) is 0. The molecule has 2 aromatic heterocycles. The van der Waals surface area contributed by atoms with E-state index in [4.69, 9.17) is 4.42 Å². The monoisotopic (exact) mass is 267 g/mol. The number of carbonyl (C=O) groups is 1. The maximum atomic E-state index is 11.8. The first kappa shape index (κ1) is 12.3. The van der Waals surface area contributed by atoms with Crippen LogP contribution in [0.15, 0.2) is 58.0 Å². The van der Waals surface area contributed by atoms with Crippen LogP contribution in [0.5, 0.6) is 0 Å². The molecule has 5 heteroatoms. The zero-order valence-corrected chi connectivity index (χ0v) is 10.7. The molecule has 1 aliphatic rings. The fraction of sp³-hybridized carbons (Fsp3) is 0.133. The molecule has 2 aromatic rings. The highest BCUT2D eigenvalue weighted by Gasteiger charge is 2.19. The highest BCUT2D eigenvalue weighted by Crippen LogP contribution is 2.13. The smallest absolute Gasteiger partial charge is 0.275 e. The second-order valence-electron chi connectivity index (χ2n) is 4.40. The molecule has 20 heavy (non-hydrogen) atoms.